The van der Waals surface area contributed by atoms with Gasteiger partial charge >= 0.3 is 0 Å². The van der Waals surface area contributed by atoms with Gasteiger partial charge in [0.05, 0.1) is 12.2 Å². The van der Waals surface area contributed by atoms with E-state index in [4.69, 9.17) is 37.4 Å². The van der Waals surface area contributed by atoms with E-state index in [1.54, 1.807) is 0 Å². The number of halogens is 2. The van der Waals surface area contributed by atoms with Crippen LogP contribution in [0.3, 0.4) is 0 Å². The molecule has 150 valence electrons. The van der Waals surface area contributed by atoms with E-state index >= 15 is 0 Å². The monoisotopic (exact) mass is 421 g/mol. The normalized spacial score (nSPS) is 18.8. The number of anilines is 1. The van der Waals surface area contributed by atoms with Gasteiger partial charge in [0.15, 0.2) is 11.5 Å². The second kappa shape index (κ2) is 7.57. The first-order chi connectivity index (χ1) is 13.3. The van der Waals surface area contributed by atoms with Crippen molar-refractivity contribution in [3.8, 4) is 17.2 Å². The Morgan fingerprint density at radius 3 is 2.32 bits per heavy atom. The standard InChI is InChI=1S/C22H25Cl2NO3/c1-12(2)14-8-20-21(11-17(14)24)28-22(27-20)7-13(3)15-9-19-18(10-16(15)23)25(4)5-6-26-19/h8-13,22H,5-7H2,1-4H3. The van der Waals surface area contributed by atoms with Gasteiger partial charge in [-0.3, -0.25) is 0 Å². The molecule has 28 heavy (non-hydrogen) atoms. The van der Waals surface area contributed by atoms with Crippen molar-refractivity contribution < 1.29 is 14.2 Å². The molecular formula is C22H25Cl2NO3. The fourth-order valence-corrected chi connectivity index (χ4v) is 4.48. The molecule has 4 nitrogen and oxygen atoms in total. The first kappa shape index (κ1) is 19.5. The Kier molecular flexibility index (Phi) is 5.28. The average molecular weight is 422 g/mol. The number of rotatable bonds is 4. The summed E-state index contributed by atoms with van der Waals surface area (Å²) < 4.78 is 17.9. The van der Waals surface area contributed by atoms with Crippen LogP contribution in [0.1, 0.15) is 50.2 Å². The largest absolute Gasteiger partial charge is 0.490 e. The molecule has 0 aromatic heterocycles. The molecular weight excluding hydrogens is 397 g/mol. The summed E-state index contributed by atoms with van der Waals surface area (Å²) in [6.07, 6.45) is 0.316. The van der Waals surface area contributed by atoms with Gasteiger partial charge in [-0.05, 0) is 41.2 Å². The minimum Gasteiger partial charge on any atom is -0.490 e. The third-order valence-corrected chi connectivity index (χ3v) is 6.11. The molecule has 2 aliphatic heterocycles. The van der Waals surface area contributed by atoms with Gasteiger partial charge in [-0.1, -0.05) is 44.0 Å². The Labute approximate surface area is 176 Å². The fraction of sp³-hybridized carbons (Fsp3) is 0.455. The van der Waals surface area contributed by atoms with E-state index in [2.05, 4.69) is 32.7 Å². The van der Waals surface area contributed by atoms with Crippen molar-refractivity contribution in [2.24, 2.45) is 0 Å². The van der Waals surface area contributed by atoms with Crippen LogP contribution < -0.4 is 19.1 Å². The number of hydrogen-bond acceptors (Lipinski definition) is 4. The van der Waals surface area contributed by atoms with Crippen molar-refractivity contribution in [3.63, 3.8) is 0 Å². The number of benzene rings is 2. The molecule has 0 N–H and O–H groups in total. The van der Waals surface area contributed by atoms with E-state index in [-0.39, 0.29) is 12.2 Å². The third-order valence-electron chi connectivity index (χ3n) is 5.45. The van der Waals surface area contributed by atoms with Gasteiger partial charge in [0, 0.05) is 29.6 Å². The van der Waals surface area contributed by atoms with Crippen molar-refractivity contribution in [1.82, 2.24) is 0 Å². The number of hydrogen-bond donors (Lipinski definition) is 0. The Morgan fingerprint density at radius 1 is 0.964 bits per heavy atom. The molecule has 2 heterocycles. The lowest BCUT2D eigenvalue weighted by molar-refractivity contribution is 0.0367. The summed E-state index contributed by atoms with van der Waals surface area (Å²) in [6, 6.07) is 7.88. The van der Waals surface area contributed by atoms with Gasteiger partial charge in [0.2, 0.25) is 6.29 Å². The molecule has 4 rings (SSSR count). The summed E-state index contributed by atoms with van der Waals surface area (Å²) in [7, 11) is 2.05. The minimum atomic E-state index is -0.362. The Bertz CT molecular complexity index is 900. The number of nitrogens with zero attached hydrogens (tertiary/aromatic N) is 1. The van der Waals surface area contributed by atoms with Gasteiger partial charge in [0.25, 0.3) is 0 Å². The van der Waals surface area contributed by atoms with Gasteiger partial charge in [-0.15, -0.1) is 0 Å². The summed E-state index contributed by atoms with van der Waals surface area (Å²) in [5.41, 5.74) is 3.14. The molecule has 0 bridgehead atoms. The van der Waals surface area contributed by atoms with Gasteiger partial charge < -0.3 is 19.1 Å². The lowest BCUT2D eigenvalue weighted by Gasteiger charge is -2.29. The number of fused-ring (bicyclic) bond motifs is 2. The molecule has 2 atom stereocenters. The van der Waals surface area contributed by atoms with Gasteiger partial charge in [0.1, 0.15) is 12.4 Å². The summed E-state index contributed by atoms with van der Waals surface area (Å²) in [5, 5.41) is 1.45. The quantitative estimate of drug-likeness (QED) is 0.584. The van der Waals surface area contributed by atoms with Crippen molar-refractivity contribution in [2.45, 2.75) is 45.3 Å². The topological polar surface area (TPSA) is 30.9 Å². The number of likely N-dealkylation sites (N-methyl/N-ethyl adjacent to an activating group) is 1. The molecule has 2 aliphatic rings. The Hall–Kier alpha value is -1.78. The van der Waals surface area contributed by atoms with E-state index in [1.165, 1.54) is 0 Å². The van der Waals surface area contributed by atoms with Crippen LogP contribution in [0.4, 0.5) is 5.69 Å². The van der Waals surface area contributed by atoms with Crippen molar-refractivity contribution in [3.05, 3.63) is 45.4 Å². The highest BCUT2D eigenvalue weighted by molar-refractivity contribution is 6.32. The molecule has 0 saturated heterocycles. The SMILES string of the molecule is CC(C)c1cc2c(cc1Cl)OC(CC(C)c1cc3c(cc1Cl)N(C)CCO3)O2. The highest BCUT2D eigenvalue weighted by atomic mass is 35.5. The molecule has 0 fully saturated rings. The summed E-state index contributed by atoms with van der Waals surface area (Å²) in [5.74, 6) is 2.81. The summed E-state index contributed by atoms with van der Waals surface area (Å²) in [6.45, 7) is 7.90. The molecule has 0 saturated carbocycles. The lowest BCUT2D eigenvalue weighted by atomic mass is 9.96. The van der Waals surface area contributed by atoms with E-state index < -0.39 is 0 Å². The summed E-state index contributed by atoms with van der Waals surface area (Å²) in [4.78, 5) is 2.16. The van der Waals surface area contributed by atoms with Crippen LogP contribution in [-0.2, 0) is 0 Å². The molecule has 2 aromatic carbocycles. The second-order valence-corrected chi connectivity index (χ2v) is 8.70. The van der Waals surface area contributed by atoms with Crippen molar-refractivity contribution >= 4 is 28.9 Å². The van der Waals surface area contributed by atoms with Crippen LogP contribution in [0.25, 0.3) is 0 Å². The van der Waals surface area contributed by atoms with E-state index in [0.717, 1.165) is 39.9 Å². The molecule has 0 spiro atoms. The molecule has 6 heteroatoms. The molecule has 2 aromatic rings. The maximum Gasteiger partial charge on any atom is 0.242 e. The zero-order chi connectivity index (χ0) is 20.0. The zero-order valence-corrected chi connectivity index (χ0v) is 18.1. The Morgan fingerprint density at radius 2 is 1.61 bits per heavy atom. The summed E-state index contributed by atoms with van der Waals surface area (Å²) >= 11 is 13.0. The van der Waals surface area contributed by atoms with Crippen LogP contribution in [0, 0.1) is 0 Å². The highest BCUT2D eigenvalue weighted by Crippen LogP contribution is 2.44. The fourth-order valence-electron chi connectivity index (χ4n) is 3.76. The molecule has 2 unspecified atom stereocenters. The molecule has 0 amide bonds. The van der Waals surface area contributed by atoms with Crippen LogP contribution in [-0.4, -0.2) is 26.5 Å². The Balaban J connectivity index is 1.51. The van der Waals surface area contributed by atoms with Gasteiger partial charge in [-0.25, -0.2) is 0 Å². The number of ether oxygens (including phenoxy) is 3. The van der Waals surface area contributed by atoms with Crippen LogP contribution in [0.5, 0.6) is 17.2 Å². The average Bonchev–Trinajstić information content (AvgIpc) is 3.02. The first-order valence-electron chi connectivity index (χ1n) is 9.67. The van der Waals surface area contributed by atoms with Crippen LogP contribution in [0.15, 0.2) is 24.3 Å². The van der Waals surface area contributed by atoms with E-state index in [0.29, 0.717) is 29.7 Å². The van der Waals surface area contributed by atoms with Crippen molar-refractivity contribution in [2.75, 3.05) is 25.1 Å². The zero-order valence-electron chi connectivity index (χ0n) is 16.6. The smallest absolute Gasteiger partial charge is 0.242 e. The minimum absolute atomic E-state index is 0.146. The van der Waals surface area contributed by atoms with E-state index in [1.807, 2.05) is 24.3 Å². The lowest BCUT2D eigenvalue weighted by Crippen LogP contribution is -2.29. The second-order valence-electron chi connectivity index (χ2n) is 7.89. The van der Waals surface area contributed by atoms with Gasteiger partial charge in [-0.2, -0.15) is 0 Å². The maximum absolute atomic E-state index is 6.59. The first-order valence-corrected chi connectivity index (χ1v) is 10.4. The van der Waals surface area contributed by atoms with Crippen LogP contribution in [0.2, 0.25) is 10.0 Å². The predicted octanol–water partition coefficient (Wildman–Crippen LogP) is 6.24. The van der Waals surface area contributed by atoms with Crippen molar-refractivity contribution in [1.29, 1.82) is 0 Å². The maximum atomic E-state index is 6.59. The highest BCUT2D eigenvalue weighted by Gasteiger charge is 2.29. The molecule has 0 aliphatic carbocycles. The molecule has 0 radical (unpaired) electrons. The van der Waals surface area contributed by atoms with E-state index in [9.17, 15) is 0 Å². The van der Waals surface area contributed by atoms with Crippen LogP contribution >= 0.6 is 23.2 Å². The third kappa shape index (κ3) is 3.60. The predicted molar refractivity (Wildman–Crippen MR) is 114 cm³/mol.